The van der Waals surface area contributed by atoms with Gasteiger partial charge in [-0.1, -0.05) is 60.7 Å². The van der Waals surface area contributed by atoms with Crippen molar-refractivity contribution in [1.29, 1.82) is 0 Å². The summed E-state index contributed by atoms with van der Waals surface area (Å²) in [6, 6.07) is 21.0. The maximum absolute atomic E-state index is 12.0. The molecule has 1 unspecified atom stereocenters. The number of pyridine rings is 1. The molecular weight excluding hydrogens is 316 g/mol. The first-order chi connectivity index (χ1) is 12.1. The summed E-state index contributed by atoms with van der Waals surface area (Å²) in [7, 11) is 0. The third kappa shape index (κ3) is 3.51. The van der Waals surface area contributed by atoms with Gasteiger partial charge < -0.3 is 15.6 Å². The van der Waals surface area contributed by atoms with Gasteiger partial charge in [0.15, 0.2) is 5.60 Å². The lowest BCUT2D eigenvalue weighted by Crippen LogP contribution is -2.42. The van der Waals surface area contributed by atoms with Crippen LogP contribution in [0, 0.1) is 0 Å². The third-order valence-electron chi connectivity index (χ3n) is 3.94. The van der Waals surface area contributed by atoms with E-state index in [1.54, 1.807) is 60.8 Å². The van der Waals surface area contributed by atoms with Gasteiger partial charge in [0.1, 0.15) is 6.61 Å². The van der Waals surface area contributed by atoms with Crippen molar-refractivity contribution >= 4 is 5.91 Å². The van der Waals surface area contributed by atoms with Gasteiger partial charge in [-0.15, -0.1) is 0 Å². The fourth-order valence-electron chi connectivity index (χ4n) is 2.56. The number of carbonyl (C=O) groups excluding carboxylic acids is 1. The standard InChI is InChI=1S/C20H18N2O3/c21-19(23)20(24,16-6-2-1-3-7-16)17-11-9-15(10-12-17)14-25-18-8-4-5-13-22-18/h1-13,24H,14H2,(H2,21,23). The molecule has 5 heteroatoms. The first-order valence-electron chi connectivity index (χ1n) is 7.82. The molecule has 3 aromatic rings. The van der Waals surface area contributed by atoms with Gasteiger partial charge in [-0.25, -0.2) is 4.98 Å². The van der Waals surface area contributed by atoms with Crippen molar-refractivity contribution in [3.8, 4) is 5.88 Å². The lowest BCUT2D eigenvalue weighted by molar-refractivity contribution is -0.133. The number of aromatic nitrogens is 1. The Bertz CT molecular complexity index is 836. The molecular formula is C20H18N2O3. The van der Waals surface area contributed by atoms with Crippen LogP contribution in [0.4, 0.5) is 0 Å². The summed E-state index contributed by atoms with van der Waals surface area (Å²) in [4.78, 5) is 16.0. The van der Waals surface area contributed by atoms with E-state index >= 15 is 0 Å². The van der Waals surface area contributed by atoms with Gasteiger partial charge in [0.2, 0.25) is 5.88 Å². The zero-order valence-electron chi connectivity index (χ0n) is 13.5. The Morgan fingerprint density at radius 1 is 0.960 bits per heavy atom. The number of rotatable bonds is 6. The van der Waals surface area contributed by atoms with Crippen molar-refractivity contribution < 1.29 is 14.6 Å². The molecule has 1 heterocycles. The van der Waals surface area contributed by atoms with Crippen LogP contribution in [0.1, 0.15) is 16.7 Å². The Morgan fingerprint density at radius 3 is 2.20 bits per heavy atom. The van der Waals surface area contributed by atoms with Crippen LogP contribution >= 0.6 is 0 Å². The predicted molar refractivity (Wildman–Crippen MR) is 93.6 cm³/mol. The smallest absolute Gasteiger partial charge is 0.258 e. The molecule has 5 nitrogen and oxygen atoms in total. The van der Waals surface area contributed by atoms with Crippen LogP contribution in [-0.4, -0.2) is 16.0 Å². The molecule has 0 bridgehead atoms. The number of hydrogen-bond acceptors (Lipinski definition) is 4. The number of benzene rings is 2. The Hall–Kier alpha value is -3.18. The summed E-state index contributed by atoms with van der Waals surface area (Å²) in [6.07, 6.45) is 1.66. The summed E-state index contributed by atoms with van der Waals surface area (Å²) < 4.78 is 5.58. The Morgan fingerprint density at radius 2 is 1.60 bits per heavy atom. The molecule has 3 N–H and O–H groups in total. The van der Waals surface area contributed by atoms with Crippen LogP contribution in [-0.2, 0) is 17.0 Å². The van der Waals surface area contributed by atoms with E-state index in [2.05, 4.69) is 4.98 Å². The molecule has 0 saturated heterocycles. The van der Waals surface area contributed by atoms with Gasteiger partial charge in [0.05, 0.1) is 0 Å². The van der Waals surface area contributed by atoms with E-state index in [-0.39, 0.29) is 0 Å². The van der Waals surface area contributed by atoms with E-state index in [4.69, 9.17) is 10.5 Å². The minimum Gasteiger partial charge on any atom is -0.473 e. The van der Waals surface area contributed by atoms with Crippen molar-refractivity contribution in [1.82, 2.24) is 4.98 Å². The van der Waals surface area contributed by atoms with Gasteiger partial charge >= 0.3 is 0 Å². The minimum absolute atomic E-state index is 0.331. The molecule has 126 valence electrons. The second-order valence-electron chi connectivity index (χ2n) is 5.59. The SMILES string of the molecule is NC(=O)C(O)(c1ccccc1)c1ccc(COc2ccccn2)cc1. The third-order valence-corrected chi connectivity index (χ3v) is 3.94. The summed E-state index contributed by atoms with van der Waals surface area (Å²) >= 11 is 0. The van der Waals surface area contributed by atoms with E-state index in [1.807, 2.05) is 18.2 Å². The van der Waals surface area contributed by atoms with Crippen LogP contribution in [0.25, 0.3) is 0 Å². The monoisotopic (exact) mass is 334 g/mol. The molecule has 1 atom stereocenters. The molecule has 2 aromatic carbocycles. The first kappa shape index (κ1) is 16.7. The average Bonchev–Trinajstić information content (AvgIpc) is 2.67. The van der Waals surface area contributed by atoms with Gasteiger partial charge in [0, 0.05) is 12.3 Å². The van der Waals surface area contributed by atoms with Crippen LogP contribution < -0.4 is 10.5 Å². The van der Waals surface area contributed by atoms with Crippen LogP contribution in [0.5, 0.6) is 5.88 Å². The number of aliphatic hydroxyl groups is 1. The Labute approximate surface area is 145 Å². The molecule has 0 saturated carbocycles. The molecule has 3 rings (SSSR count). The minimum atomic E-state index is -1.87. The van der Waals surface area contributed by atoms with Crippen molar-refractivity contribution in [2.45, 2.75) is 12.2 Å². The van der Waals surface area contributed by atoms with Crippen LogP contribution in [0.15, 0.2) is 79.0 Å². The van der Waals surface area contributed by atoms with Crippen molar-refractivity contribution in [3.05, 3.63) is 95.7 Å². The van der Waals surface area contributed by atoms with Crippen LogP contribution in [0.3, 0.4) is 0 Å². The molecule has 0 aliphatic rings. The van der Waals surface area contributed by atoms with E-state index in [1.165, 1.54) is 0 Å². The number of hydrogen-bond donors (Lipinski definition) is 2. The number of ether oxygens (including phenoxy) is 1. The maximum atomic E-state index is 12.0. The summed E-state index contributed by atoms with van der Waals surface area (Å²) in [5, 5.41) is 10.9. The number of nitrogens with two attached hydrogens (primary N) is 1. The fourth-order valence-corrected chi connectivity index (χ4v) is 2.56. The Balaban J connectivity index is 1.81. The molecule has 1 aromatic heterocycles. The molecule has 0 spiro atoms. The van der Waals surface area contributed by atoms with E-state index in [0.29, 0.717) is 23.6 Å². The zero-order chi connectivity index (χ0) is 17.7. The zero-order valence-corrected chi connectivity index (χ0v) is 13.5. The lowest BCUT2D eigenvalue weighted by atomic mass is 9.85. The van der Waals surface area contributed by atoms with E-state index in [9.17, 15) is 9.90 Å². The summed E-state index contributed by atoms with van der Waals surface area (Å²) in [5.41, 5.74) is 5.34. The highest BCUT2D eigenvalue weighted by atomic mass is 16.5. The predicted octanol–water partition coefficient (Wildman–Crippen LogP) is 2.38. The van der Waals surface area contributed by atoms with Crippen molar-refractivity contribution in [2.24, 2.45) is 5.73 Å². The van der Waals surface area contributed by atoms with Gasteiger partial charge in [-0.2, -0.15) is 0 Å². The summed E-state index contributed by atoms with van der Waals surface area (Å²) in [5.74, 6) is -0.291. The van der Waals surface area contributed by atoms with Gasteiger partial charge in [-0.3, -0.25) is 4.79 Å². The fraction of sp³-hybridized carbons (Fsp3) is 0.100. The maximum Gasteiger partial charge on any atom is 0.258 e. The molecule has 0 fully saturated rings. The highest BCUT2D eigenvalue weighted by molar-refractivity contribution is 5.88. The number of amides is 1. The van der Waals surface area contributed by atoms with Crippen LogP contribution in [0.2, 0.25) is 0 Å². The van der Waals surface area contributed by atoms with Gasteiger partial charge in [-0.05, 0) is 22.8 Å². The van der Waals surface area contributed by atoms with E-state index in [0.717, 1.165) is 5.56 Å². The topological polar surface area (TPSA) is 85.4 Å². The van der Waals surface area contributed by atoms with Gasteiger partial charge in [0.25, 0.3) is 5.91 Å². The molecule has 25 heavy (non-hydrogen) atoms. The van der Waals surface area contributed by atoms with Crippen molar-refractivity contribution in [2.75, 3.05) is 0 Å². The number of nitrogens with zero attached hydrogens (tertiary/aromatic N) is 1. The van der Waals surface area contributed by atoms with E-state index < -0.39 is 11.5 Å². The Kier molecular flexibility index (Phi) is 4.77. The second kappa shape index (κ2) is 7.15. The molecule has 1 amide bonds. The molecule has 0 aliphatic heterocycles. The second-order valence-corrected chi connectivity index (χ2v) is 5.59. The molecule has 0 aliphatic carbocycles. The van der Waals surface area contributed by atoms with Crippen molar-refractivity contribution in [3.63, 3.8) is 0 Å². The highest BCUT2D eigenvalue weighted by Crippen LogP contribution is 2.29. The number of primary amides is 1. The normalized spacial score (nSPS) is 13.0. The number of carbonyl (C=O) groups is 1. The quantitative estimate of drug-likeness (QED) is 0.725. The highest BCUT2D eigenvalue weighted by Gasteiger charge is 2.37. The summed E-state index contributed by atoms with van der Waals surface area (Å²) in [6.45, 7) is 0.331. The largest absolute Gasteiger partial charge is 0.473 e. The average molecular weight is 334 g/mol. The molecule has 0 radical (unpaired) electrons. The first-order valence-corrected chi connectivity index (χ1v) is 7.82. The lowest BCUT2D eigenvalue weighted by Gasteiger charge is -2.25.